The van der Waals surface area contributed by atoms with Gasteiger partial charge in [0.15, 0.2) is 5.96 Å². The minimum atomic E-state index is 0. The summed E-state index contributed by atoms with van der Waals surface area (Å²) in [5.41, 5.74) is 2.26. The SMILES string of the molecule is CCNC(=NCc1ccccc1-n1ccnc1)NCCn1cccc1.I. The van der Waals surface area contributed by atoms with Crippen molar-refractivity contribution in [3.8, 4) is 5.69 Å². The number of para-hydroxylation sites is 1. The molecule has 138 valence electrons. The average Bonchev–Trinajstić information content (AvgIpc) is 3.34. The normalized spacial score (nSPS) is 11.0. The summed E-state index contributed by atoms with van der Waals surface area (Å²) in [7, 11) is 0. The smallest absolute Gasteiger partial charge is 0.191 e. The van der Waals surface area contributed by atoms with Crippen molar-refractivity contribution in [1.82, 2.24) is 24.8 Å². The van der Waals surface area contributed by atoms with E-state index in [9.17, 15) is 0 Å². The van der Waals surface area contributed by atoms with Crippen LogP contribution in [-0.4, -0.2) is 33.2 Å². The Morgan fingerprint density at radius 2 is 1.88 bits per heavy atom. The van der Waals surface area contributed by atoms with Crippen molar-refractivity contribution in [3.05, 3.63) is 73.1 Å². The summed E-state index contributed by atoms with van der Waals surface area (Å²) in [4.78, 5) is 8.85. The van der Waals surface area contributed by atoms with Crippen molar-refractivity contribution in [2.45, 2.75) is 20.0 Å². The Morgan fingerprint density at radius 3 is 2.62 bits per heavy atom. The molecular formula is C19H25IN6. The first-order chi connectivity index (χ1) is 12.4. The van der Waals surface area contributed by atoms with Gasteiger partial charge in [-0.05, 0) is 30.7 Å². The summed E-state index contributed by atoms with van der Waals surface area (Å²) >= 11 is 0. The summed E-state index contributed by atoms with van der Waals surface area (Å²) in [5.74, 6) is 0.829. The molecule has 0 atom stereocenters. The third-order valence-corrected chi connectivity index (χ3v) is 3.85. The molecule has 2 N–H and O–H groups in total. The maximum Gasteiger partial charge on any atom is 0.191 e. The molecule has 26 heavy (non-hydrogen) atoms. The summed E-state index contributed by atoms with van der Waals surface area (Å²) < 4.78 is 4.15. The molecule has 2 heterocycles. The van der Waals surface area contributed by atoms with Crippen molar-refractivity contribution in [3.63, 3.8) is 0 Å². The summed E-state index contributed by atoms with van der Waals surface area (Å²) in [5, 5.41) is 6.68. The van der Waals surface area contributed by atoms with Crippen molar-refractivity contribution in [2.75, 3.05) is 13.1 Å². The van der Waals surface area contributed by atoms with E-state index >= 15 is 0 Å². The number of hydrogen-bond acceptors (Lipinski definition) is 2. The standard InChI is InChI=1S/C19H24N6.HI/c1-2-21-19(22-10-13-24-11-5-6-12-24)23-15-17-7-3-4-8-18(17)25-14-9-20-16-25;/h3-9,11-12,14,16H,2,10,13,15H2,1H3,(H2,21,22,23);1H. The molecule has 0 aliphatic rings. The molecule has 2 aromatic heterocycles. The molecule has 0 saturated heterocycles. The number of nitrogens with zero attached hydrogens (tertiary/aromatic N) is 4. The number of rotatable bonds is 7. The molecule has 6 nitrogen and oxygen atoms in total. The lowest BCUT2D eigenvalue weighted by Gasteiger charge is -2.13. The van der Waals surface area contributed by atoms with Crippen molar-refractivity contribution in [2.24, 2.45) is 4.99 Å². The van der Waals surface area contributed by atoms with Gasteiger partial charge in [0.25, 0.3) is 0 Å². The van der Waals surface area contributed by atoms with Crippen LogP contribution in [0.5, 0.6) is 0 Å². The molecule has 3 aromatic rings. The zero-order valence-corrected chi connectivity index (χ0v) is 17.2. The third-order valence-electron chi connectivity index (χ3n) is 3.85. The van der Waals surface area contributed by atoms with E-state index in [0.29, 0.717) is 6.54 Å². The first-order valence-electron chi connectivity index (χ1n) is 8.56. The van der Waals surface area contributed by atoms with Gasteiger partial charge in [0.05, 0.1) is 18.6 Å². The van der Waals surface area contributed by atoms with E-state index in [0.717, 1.165) is 36.8 Å². The van der Waals surface area contributed by atoms with Crippen LogP contribution < -0.4 is 10.6 Å². The fraction of sp³-hybridized carbons (Fsp3) is 0.263. The first kappa shape index (κ1) is 20.0. The van der Waals surface area contributed by atoms with E-state index in [1.807, 2.05) is 41.4 Å². The lowest BCUT2D eigenvalue weighted by molar-refractivity contribution is 0.665. The third kappa shape index (κ3) is 5.62. The van der Waals surface area contributed by atoms with E-state index in [4.69, 9.17) is 4.99 Å². The van der Waals surface area contributed by atoms with Crippen LogP contribution >= 0.6 is 24.0 Å². The van der Waals surface area contributed by atoms with Crippen LogP contribution in [0.4, 0.5) is 0 Å². The molecule has 0 fully saturated rings. The Labute approximate surface area is 171 Å². The first-order valence-corrected chi connectivity index (χ1v) is 8.56. The van der Waals surface area contributed by atoms with Crippen LogP contribution in [-0.2, 0) is 13.1 Å². The van der Waals surface area contributed by atoms with Crippen LogP contribution in [0, 0.1) is 0 Å². The highest BCUT2D eigenvalue weighted by Crippen LogP contribution is 2.14. The zero-order chi connectivity index (χ0) is 17.3. The van der Waals surface area contributed by atoms with Gasteiger partial charge in [0.2, 0.25) is 0 Å². The molecule has 3 rings (SSSR count). The summed E-state index contributed by atoms with van der Waals surface area (Å²) in [6.45, 7) is 5.24. The number of aromatic nitrogens is 3. The number of benzene rings is 1. The van der Waals surface area contributed by atoms with E-state index < -0.39 is 0 Å². The van der Waals surface area contributed by atoms with E-state index in [2.05, 4.69) is 51.6 Å². The van der Waals surface area contributed by atoms with Crippen molar-refractivity contribution in [1.29, 1.82) is 0 Å². The lowest BCUT2D eigenvalue weighted by atomic mass is 10.2. The average molecular weight is 464 g/mol. The molecular weight excluding hydrogens is 439 g/mol. The fourth-order valence-corrected chi connectivity index (χ4v) is 2.63. The molecule has 1 aromatic carbocycles. The highest BCUT2D eigenvalue weighted by atomic mass is 127. The zero-order valence-electron chi connectivity index (χ0n) is 14.9. The van der Waals surface area contributed by atoms with E-state index in [1.54, 1.807) is 6.20 Å². The number of hydrogen-bond donors (Lipinski definition) is 2. The largest absolute Gasteiger partial charge is 0.357 e. The van der Waals surface area contributed by atoms with E-state index in [1.165, 1.54) is 0 Å². The number of imidazole rings is 1. The number of halogens is 1. The predicted molar refractivity (Wildman–Crippen MR) is 116 cm³/mol. The van der Waals surface area contributed by atoms with Gasteiger partial charge in [0.1, 0.15) is 0 Å². The minimum absolute atomic E-state index is 0. The molecule has 0 aliphatic carbocycles. The topological polar surface area (TPSA) is 59.2 Å². The Hall–Kier alpha value is -2.29. The molecule has 0 radical (unpaired) electrons. The maximum absolute atomic E-state index is 4.72. The van der Waals surface area contributed by atoms with Gasteiger partial charge in [-0.3, -0.25) is 0 Å². The van der Waals surface area contributed by atoms with Crippen LogP contribution in [0.3, 0.4) is 0 Å². The van der Waals surface area contributed by atoms with Gasteiger partial charge in [0, 0.05) is 44.4 Å². The highest BCUT2D eigenvalue weighted by molar-refractivity contribution is 14.0. The van der Waals surface area contributed by atoms with Crippen LogP contribution in [0.15, 0.2) is 72.5 Å². The monoisotopic (exact) mass is 464 g/mol. The molecule has 0 bridgehead atoms. The Kier molecular flexibility index (Phi) is 8.20. The Morgan fingerprint density at radius 1 is 1.08 bits per heavy atom. The van der Waals surface area contributed by atoms with Crippen LogP contribution in [0.25, 0.3) is 5.69 Å². The Bertz CT molecular complexity index is 780. The lowest BCUT2D eigenvalue weighted by Crippen LogP contribution is -2.38. The second-order valence-corrected chi connectivity index (χ2v) is 5.64. The highest BCUT2D eigenvalue weighted by Gasteiger charge is 2.04. The fourth-order valence-electron chi connectivity index (χ4n) is 2.63. The second kappa shape index (κ2) is 10.6. The van der Waals surface area contributed by atoms with Gasteiger partial charge in [-0.2, -0.15) is 0 Å². The number of nitrogens with one attached hydrogen (secondary N) is 2. The molecule has 0 spiro atoms. The number of guanidine groups is 1. The van der Waals surface area contributed by atoms with Crippen molar-refractivity contribution >= 4 is 29.9 Å². The molecule has 7 heteroatoms. The number of aliphatic imine (C=N–C) groups is 1. The van der Waals surface area contributed by atoms with Crippen LogP contribution in [0.2, 0.25) is 0 Å². The molecule has 0 amide bonds. The predicted octanol–water partition coefficient (Wildman–Crippen LogP) is 3.05. The van der Waals surface area contributed by atoms with E-state index in [-0.39, 0.29) is 24.0 Å². The maximum atomic E-state index is 4.72. The molecule has 0 saturated carbocycles. The summed E-state index contributed by atoms with van der Waals surface area (Å²) in [6.07, 6.45) is 9.67. The van der Waals surface area contributed by atoms with Gasteiger partial charge < -0.3 is 19.8 Å². The van der Waals surface area contributed by atoms with Gasteiger partial charge in [-0.1, -0.05) is 18.2 Å². The van der Waals surface area contributed by atoms with Gasteiger partial charge >= 0.3 is 0 Å². The summed E-state index contributed by atoms with van der Waals surface area (Å²) in [6, 6.07) is 12.3. The second-order valence-electron chi connectivity index (χ2n) is 5.64. The van der Waals surface area contributed by atoms with Gasteiger partial charge in [-0.25, -0.2) is 9.98 Å². The van der Waals surface area contributed by atoms with Crippen LogP contribution in [0.1, 0.15) is 12.5 Å². The quantitative estimate of drug-likeness (QED) is 0.321. The van der Waals surface area contributed by atoms with Gasteiger partial charge in [-0.15, -0.1) is 24.0 Å². The molecule has 0 unspecified atom stereocenters. The Balaban J connectivity index is 0.00000243. The van der Waals surface area contributed by atoms with Crippen molar-refractivity contribution < 1.29 is 0 Å². The molecule has 0 aliphatic heterocycles. The minimum Gasteiger partial charge on any atom is -0.357 e.